The van der Waals surface area contributed by atoms with Crippen molar-refractivity contribution in [3.63, 3.8) is 0 Å². The molecule has 1 unspecified atom stereocenters. The van der Waals surface area contributed by atoms with Gasteiger partial charge in [-0.1, -0.05) is 6.07 Å². The number of sulfone groups is 1. The van der Waals surface area contributed by atoms with Gasteiger partial charge >= 0.3 is 6.03 Å². The second kappa shape index (κ2) is 6.27. The number of hydrogen-bond donors (Lipinski definition) is 3. The molecule has 1 aliphatic carbocycles. The van der Waals surface area contributed by atoms with E-state index in [1.54, 1.807) is 19.1 Å². The first-order valence-corrected chi connectivity index (χ1v) is 9.61. The van der Waals surface area contributed by atoms with Crippen molar-refractivity contribution < 1.29 is 13.2 Å². The van der Waals surface area contributed by atoms with E-state index in [4.69, 9.17) is 0 Å². The molecule has 24 heavy (non-hydrogen) atoms. The van der Waals surface area contributed by atoms with Crippen LogP contribution in [-0.2, 0) is 22.7 Å². The molecule has 0 radical (unpaired) electrons. The molecule has 0 aliphatic heterocycles. The molecule has 1 atom stereocenters. The third kappa shape index (κ3) is 3.59. The Labute approximate surface area is 140 Å². The predicted molar refractivity (Wildman–Crippen MR) is 90.8 cm³/mol. The molecular formula is C16H20N4O3S. The molecule has 0 spiro atoms. The zero-order valence-electron chi connectivity index (χ0n) is 13.6. The summed E-state index contributed by atoms with van der Waals surface area (Å²) in [7, 11) is -3.33. The highest BCUT2D eigenvalue weighted by atomic mass is 32.2. The molecule has 3 rings (SSSR count). The normalized spacial score (nSPS) is 17.2. The average molecular weight is 348 g/mol. The van der Waals surface area contributed by atoms with Gasteiger partial charge in [0.2, 0.25) is 0 Å². The summed E-state index contributed by atoms with van der Waals surface area (Å²) in [4.78, 5) is 12.4. The lowest BCUT2D eigenvalue weighted by Crippen LogP contribution is -2.41. The van der Waals surface area contributed by atoms with Crippen LogP contribution < -0.4 is 10.6 Å². The summed E-state index contributed by atoms with van der Waals surface area (Å²) in [6.45, 7) is 1.73. The van der Waals surface area contributed by atoms with E-state index in [-0.39, 0.29) is 17.0 Å². The van der Waals surface area contributed by atoms with Crippen LogP contribution in [0, 0.1) is 6.92 Å². The quantitative estimate of drug-likeness (QED) is 0.787. The van der Waals surface area contributed by atoms with Gasteiger partial charge in [-0.15, -0.1) is 0 Å². The number of aryl methyl sites for hydroxylation is 2. The van der Waals surface area contributed by atoms with Gasteiger partial charge in [-0.3, -0.25) is 5.10 Å². The molecule has 8 heteroatoms. The van der Waals surface area contributed by atoms with Gasteiger partial charge < -0.3 is 10.6 Å². The number of carbonyl (C=O) groups is 1. The molecule has 0 saturated heterocycles. The van der Waals surface area contributed by atoms with Gasteiger partial charge in [-0.2, -0.15) is 5.10 Å². The van der Waals surface area contributed by atoms with Crippen molar-refractivity contribution in [2.45, 2.75) is 37.1 Å². The first kappa shape index (κ1) is 16.5. The highest BCUT2D eigenvalue weighted by molar-refractivity contribution is 7.90. The van der Waals surface area contributed by atoms with E-state index >= 15 is 0 Å². The van der Waals surface area contributed by atoms with Crippen LogP contribution in [0.15, 0.2) is 29.3 Å². The van der Waals surface area contributed by atoms with Gasteiger partial charge in [0, 0.05) is 30.1 Å². The fraction of sp³-hybridized carbons (Fsp3) is 0.375. The van der Waals surface area contributed by atoms with Crippen LogP contribution in [0.4, 0.5) is 10.5 Å². The van der Waals surface area contributed by atoms with E-state index in [2.05, 4.69) is 20.8 Å². The minimum Gasteiger partial charge on any atom is -0.335 e. The number of H-pyrrole nitrogens is 1. The monoisotopic (exact) mass is 348 g/mol. The summed E-state index contributed by atoms with van der Waals surface area (Å²) >= 11 is 0. The molecular weight excluding hydrogens is 328 g/mol. The second-order valence-electron chi connectivity index (χ2n) is 6.16. The summed E-state index contributed by atoms with van der Waals surface area (Å²) in [5, 5.41) is 12.6. The number of urea groups is 1. The minimum absolute atomic E-state index is 0.0257. The van der Waals surface area contributed by atoms with Crippen LogP contribution in [0.3, 0.4) is 0 Å². The van der Waals surface area contributed by atoms with E-state index in [9.17, 15) is 13.2 Å². The number of amides is 2. The Balaban J connectivity index is 1.66. The number of carbonyl (C=O) groups excluding carboxylic acids is 1. The summed E-state index contributed by atoms with van der Waals surface area (Å²) in [6.07, 6.45) is 5.42. The van der Waals surface area contributed by atoms with E-state index < -0.39 is 9.84 Å². The molecule has 128 valence electrons. The van der Waals surface area contributed by atoms with Gasteiger partial charge in [0.25, 0.3) is 0 Å². The highest BCUT2D eigenvalue weighted by Gasteiger charge is 2.21. The lowest BCUT2D eigenvalue weighted by atomic mass is 9.94. The second-order valence-corrected chi connectivity index (χ2v) is 8.15. The summed E-state index contributed by atoms with van der Waals surface area (Å²) in [6, 6.07) is 4.54. The topological polar surface area (TPSA) is 104 Å². The van der Waals surface area contributed by atoms with Gasteiger partial charge in [-0.05, 0) is 43.0 Å². The maximum absolute atomic E-state index is 12.2. The predicted octanol–water partition coefficient (Wildman–Crippen LogP) is 1.80. The summed E-state index contributed by atoms with van der Waals surface area (Å²) in [5.41, 5.74) is 3.37. The number of aromatic amines is 1. The lowest BCUT2D eigenvalue weighted by Gasteiger charge is -2.23. The molecule has 0 fully saturated rings. The Morgan fingerprint density at radius 2 is 2.17 bits per heavy atom. The van der Waals surface area contributed by atoms with Crippen LogP contribution in [0.2, 0.25) is 0 Å². The summed E-state index contributed by atoms with van der Waals surface area (Å²) in [5.74, 6) is 0. The third-order valence-electron chi connectivity index (χ3n) is 4.20. The van der Waals surface area contributed by atoms with Crippen molar-refractivity contribution >= 4 is 21.6 Å². The molecule has 1 aromatic heterocycles. The minimum atomic E-state index is -3.33. The fourth-order valence-electron chi connectivity index (χ4n) is 2.96. The SMILES string of the molecule is Cc1ccc(NC(=O)NC2CCc3cn[nH]c3C2)cc1S(C)(=O)=O. The standard InChI is InChI=1S/C16H20N4O3S/c1-10-3-5-13(8-15(10)24(2,22)23)19-16(21)18-12-6-4-11-9-17-20-14(11)7-12/h3,5,8-9,12H,4,6-7H2,1-2H3,(H,17,20)(H2,18,19,21). The smallest absolute Gasteiger partial charge is 0.319 e. The number of nitrogens with one attached hydrogen (secondary N) is 3. The van der Waals surface area contributed by atoms with E-state index in [0.717, 1.165) is 24.8 Å². The van der Waals surface area contributed by atoms with Gasteiger partial charge in [-0.25, -0.2) is 13.2 Å². The molecule has 1 aromatic carbocycles. The van der Waals surface area contributed by atoms with Gasteiger partial charge in [0.05, 0.1) is 11.1 Å². The van der Waals surface area contributed by atoms with Crippen LogP contribution >= 0.6 is 0 Å². The molecule has 2 aromatic rings. The van der Waals surface area contributed by atoms with Crippen LogP contribution in [-0.4, -0.2) is 36.9 Å². The Morgan fingerprint density at radius 1 is 1.38 bits per heavy atom. The lowest BCUT2D eigenvalue weighted by molar-refractivity contribution is 0.247. The number of benzene rings is 1. The average Bonchev–Trinajstić information content (AvgIpc) is 2.95. The van der Waals surface area contributed by atoms with Crippen molar-refractivity contribution in [2.24, 2.45) is 0 Å². The number of rotatable bonds is 3. The molecule has 3 N–H and O–H groups in total. The number of fused-ring (bicyclic) bond motifs is 1. The summed E-state index contributed by atoms with van der Waals surface area (Å²) < 4.78 is 23.5. The van der Waals surface area contributed by atoms with Crippen LogP contribution in [0.1, 0.15) is 23.2 Å². The molecule has 0 saturated carbocycles. The molecule has 1 aliphatic rings. The van der Waals surface area contributed by atoms with Crippen molar-refractivity contribution in [1.29, 1.82) is 0 Å². The molecule has 1 heterocycles. The molecule has 2 amide bonds. The Morgan fingerprint density at radius 3 is 2.92 bits per heavy atom. The first-order valence-electron chi connectivity index (χ1n) is 7.72. The number of hydrogen-bond acceptors (Lipinski definition) is 4. The van der Waals surface area contributed by atoms with E-state index in [1.165, 1.54) is 11.6 Å². The Kier molecular flexibility index (Phi) is 4.31. The van der Waals surface area contributed by atoms with Gasteiger partial charge in [0.15, 0.2) is 9.84 Å². The van der Waals surface area contributed by atoms with Gasteiger partial charge in [0.1, 0.15) is 0 Å². The first-order chi connectivity index (χ1) is 11.3. The van der Waals surface area contributed by atoms with Crippen molar-refractivity contribution in [2.75, 3.05) is 11.6 Å². The Bertz CT molecular complexity index is 873. The van der Waals surface area contributed by atoms with Crippen LogP contribution in [0.5, 0.6) is 0 Å². The third-order valence-corrected chi connectivity index (χ3v) is 5.44. The maximum Gasteiger partial charge on any atom is 0.319 e. The maximum atomic E-state index is 12.2. The zero-order valence-corrected chi connectivity index (χ0v) is 14.4. The number of nitrogens with zero attached hydrogens (tertiary/aromatic N) is 1. The number of aromatic nitrogens is 2. The zero-order chi connectivity index (χ0) is 17.3. The molecule has 7 nitrogen and oxygen atoms in total. The van der Waals surface area contributed by atoms with Crippen LogP contribution in [0.25, 0.3) is 0 Å². The van der Waals surface area contributed by atoms with E-state index in [0.29, 0.717) is 17.7 Å². The van der Waals surface area contributed by atoms with Crippen molar-refractivity contribution in [1.82, 2.24) is 15.5 Å². The molecule has 0 bridgehead atoms. The Hall–Kier alpha value is -2.35. The highest BCUT2D eigenvalue weighted by Crippen LogP contribution is 2.21. The van der Waals surface area contributed by atoms with Crippen molar-refractivity contribution in [3.8, 4) is 0 Å². The van der Waals surface area contributed by atoms with E-state index in [1.807, 2.05) is 6.20 Å². The number of anilines is 1. The fourth-order valence-corrected chi connectivity index (χ4v) is 3.96. The largest absolute Gasteiger partial charge is 0.335 e. The van der Waals surface area contributed by atoms with Crippen molar-refractivity contribution in [3.05, 3.63) is 41.2 Å².